The fraction of sp³-hybridized carbons (Fsp3) is 0.941. The van der Waals surface area contributed by atoms with Crippen LogP contribution in [0.3, 0.4) is 0 Å². The molecule has 0 bridgehead atoms. The van der Waals surface area contributed by atoms with E-state index in [1.54, 1.807) is 0 Å². The number of hydrogen-bond acceptors (Lipinski definition) is 3. The fourth-order valence-corrected chi connectivity index (χ4v) is 2.97. The molecule has 1 aliphatic heterocycles. The Hall–Kier alpha value is -0.0800. The van der Waals surface area contributed by atoms with Crippen LogP contribution in [0.5, 0.6) is 0 Å². The molecule has 2 N–H and O–H groups in total. The highest BCUT2D eigenvalue weighted by molar-refractivity contribution is 14.0. The van der Waals surface area contributed by atoms with E-state index >= 15 is 0 Å². The minimum Gasteiger partial charge on any atom is -0.373 e. The number of nitrogens with one attached hydrogen (secondary N) is 2. The smallest absolute Gasteiger partial charge is 0.191 e. The average Bonchev–Trinajstić information content (AvgIpc) is 2.87. The van der Waals surface area contributed by atoms with Gasteiger partial charge >= 0.3 is 0 Å². The Morgan fingerprint density at radius 1 is 1.22 bits per heavy atom. The van der Waals surface area contributed by atoms with Gasteiger partial charge in [0.05, 0.1) is 12.1 Å². The highest BCUT2D eigenvalue weighted by Gasteiger charge is 2.29. The van der Waals surface area contributed by atoms with Crippen molar-refractivity contribution in [3.8, 4) is 0 Å². The van der Waals surface area contributed by atoms with Crippen molar-refractivity contribution in [2.45, 2.75) is 72.1 Å². The fourth-order valence-electron chi connectivity index (χ4n) is 2.97. The number of ether oxygens (including phenoxy) is 1. The number of rotatable bonds is 8. The molecule has 6 heteroatoms. The molecule has 5 nitrogen and oxygen atoms in total. The third-order valence-electron chi connectivity index (χ3n) is 4.21. The van der Waals surface area contributed by atoms with Crippen LogP contribution < -0.4 is 10.6 Å². The third-order valence-corrected chi connectivity index (χ3v) is 4.21. The van der Waals surface area contributed by atoms with Crippen molar-refractivity contribution in [1.29, 1.82) is 0 Å². The van der Waals surface area contributed by atoms with Crippen molar-refractivity contribution in [3.05, 3.63) is 0 Å². The molecule has 1 saturated heterocycles. The predicted molar refractivity (Wildman–Crippen MR) is 110 cm³/mol. The quantitative estimate of drug-likeness (QED) is 0.346. The number of aliphatic imine (C=N–C) groups is 1. The summed E-state index contributed by atoms with van der Waals surface area (Å²) >= 11 is 0. The van der Waals surface area contributed by atoms with Gasteiger partial charge in [0, 0.05) is 38.3 Å². The van der Waals surface area contributed by atoms with Crippen molar-refractivity contribution in [3.63, 3.8) is 0 Å². The van der Waals surface area contributed by atoms with Gasteiger partial charge < -0.3 is 15.4 Å². The Morgan fingerprint density at radius 2 is 1.87 bits per heavy atom. The number of hydrogen-bond donors (Lipinski definition) is 2. The molecule has 0 saturated carbocycles. The highest BCUT2D eigenvalue weighted by Crippen LogP contribution is 2.24. The first-order valence-corrected chi connectivity index (χ1v) is 8.80. The topological polar surface area (TPSA) is 48.9 Å². The first-order chi connectivity index (χ1) is 10.4. The molecule has 1 atom stereocenters. The summed E-state index contributed by atoms with van der Waals surface area (Å²) in [4.78, 5) is 7.19. The lowest BCUT2D eigenvalue weighted by atomic mass is 10.0. The van der Waals surface area contributed by atoms with E-state index in [4.69, 9.17) is 9.73 Å². The van der Waals surface area contributed by atoms with E-state index in [0.29, 0.717) is 12.1 Å². The summed E-state index contributed by atoms with van der Waals surface area (Å²) in [6, 6.07) is 1.12. The van der Waals surface area contributed by atoms with Crippen LogP contribution in [0.4, 0.5) is 0 Å². The molecule has 1 aliphatic rings. The number of halogens is 1. The summed E-state index contributed by atoms with van der Waals surface area (Å²) in [6.07, 6.45) is 2.25. The van der Waals surface area contributed by atoms with Crippen molar-refractivity contribution < 1.29 is 4.74 Å². The maximum Gasteiger partial charge on any atom is 0.191 e. The Labute approximate surface area is 160 Å². The summed E-state index contributed by atoms with van der Waals surface area (Å²) in [5.74, 6) is 0.895. The van der Waals surface area contributed by atoms with Gasteiger partial charge in [-0.1, -0.05) is 0 Å². The molecule has 1 unspecified atom stereocenters. The zero-order chi connectivity index (χ0) is 16.6. The lowest BCUT2D eigenvalue weighted by Gasteiger charge is -2.30. The molecule has 0 aliphatic carbocycles. The van der Waals surface area contributed by atoms with Crippen LogP contribution in [0.15, 0.2) is 4.99 Å². The SMILES string of the molecule is CCNC(=NCC1(C)CCCO1)NCCN(C(C)C)C(C)C.I. The van der Waals surface area contributed by atoms with E-state index in [9.17, 15) is 0 Å². The molecule has 1 heterocycles. The van der Waals surface area contributed by atoms with E-state index in [-0.39, 0.29) is 29.6 Å². The van der Waals surface area contributed by atoms with Gasteiger partial charge in [0.25, 0.3) is 0 Å². The summed E-state index contributed by atoms with van der Waals surface area (Å²) < 4.78 is 5.80. The van der Waals surface area contributed by atoms with Crippen LogP contribution >= 0.6 is 24.0 Å². The normalized spacial score (nSPS) is 21.9. The lowest BCUT2D eigenvalue weighted by Crippen LogP contribution is -2.45. The molecule has 0 spiro atoms. The second-order valence-electron chi connectivity index (χ2n) is 6.95. The van der Waals surface area contributed by atoms with Crippen LogP contribution in [0.1, 0.15) is 54.4 Å². The molecule has 23 heavy (non-hydrogen) atoms. The van der Waals surface area contributed by atoms with Crippen molar-refractivity contribution in [1.82, 2.24) is 15.5 Å². The summed E-state index contributed by atoms with van der Waals surface area (Å²) in [7, 11) is 0. The van der Waals surface area contributed by atoms with Crippen LogP contribution in [-0.2, 0) is 4.74 Å². The van der Waals surface area contributed by atoms with Gasteiger partial charge in [-0.15, -0.1) is 24.0 Å². The monoisotopic (exact) mass is 440 g/mol. The Balaban J connectivity index is 0.00000484. The van der Waals surface area contributed by atoms with Gasteiger partial charge in [-0.05, 0) is 54.4 Å². The summed E-state index contributed by atoms with van der Waals surface area (Å²) in [5.41, 5.74) is -0.0791. The molecule has 138 valence electrons. The molecular formula is C17H37IN4O. The second kappa shape index (κ2) is 11.5. The summed E-state index contributed by atoms with van der Waals surface area (Å²) in [6.45, 7) is 17.6. The van der Waals surface area contributed by atoms with Gasteiger partial charge in [0.1, 0.15) is 0 Å². The van der Waals surface area contributed by atoms with Crippen LogP contribution in [0.25, 0.3) is 0 Å². The van der Waals surface area contributed by atoms with Gasteiger partial charge in [-0.3, -0.25) is 9.89 Å². The zero-order valence-corrected chi connectivity index (χ0v) is 18.1. The van der Waals surface area contributed by atoms with E-state index in [2.05, 4.69) is 57.1 Å². The van der Waals surface area contributed by atoms with E-state index in [0.717, 1.165) is 51.6 Å². The maximum absolute atomic E-state index is 5.80. The molecule has 0 aromatic heterocycles. The molecule has 1 fully saturated rings. The Bertz CT molecular complexity index is 333. The number of nitrogens with zero attached hydrogens (tertiary/aromatic N) is 2. The highest BCUT2D eigenvalue weighted by atomic mass is 127. The first-order valence-electron chi connectivity index (χ1n) is 8.80. The molecular weight excluding hydrogens is 403 g/mol. The molecule has 0 aromatic rings. The minimum absolute atomic E-state index is 0. The van der Waals surface area contributed by atoms with Crippen LogP contribution in [-0.4, -0.2) is 61.3 Å². The molecule has 0 radical (unpaired) electrons. The minimum atomic E-state index is -0.0791. The van der Waals surface area contributed by atoms with Crippen molar-refractivity contribution >= 4 is 29.9 Å². The van der Waals surface area contributed by atoms with Gasteiger partial charge in [-0.25, -0.2) is 0 Å². The van der Waals surface area contributed by atoms with Gasteiger partial charge in [-0.2, -0.15) is 0 Å². The van der Waals surface area contributed by atoms with Gasteiger partial charge in [0.2, 0.25) is 0 Å². The molecule has 0 aromatic carbocycles. The van der Waals surface area contributed by atoms with E-state index in [1.165, 1.54) is 0 Å². The average molecular weight is 440 g/mol. The van der Waals surface area contributed by atoms with Crippen LogP contribution in [0, 0.1) is 0 Å². The number of guanidine groups is 1. The lowest BCUT2D eigenvalue weighted by molar-refractivity contribution is 0.0283. The standard InChI is InChI=1S/C17H36N4O.HI/c1-7-18-16(20-13-17(6)9-8-12-22-17)19-10-11-21(14(2)3)15(4)5;/h14-15H,7-13H2,1-6H3,(H2,18,19,20);1H. The first kappa shape index (κ1) is 22.9. The largest absolute Gasteiger partial charge is 0.373 e. The van der Waals surface area contributed by atoms with Crippen molar-refractivity contribution in [2.24, 2.45) is 4.99 Å². The second-order valence-corrected chi connectivity index (χ2v) is 6.95. The van der Waals surface area contributed by atoms with Gasteiger partial charge in [0.15, 0.2) is 5.96 Å². The zero-order valence-electron chi connectivity index (χ0n) is 15.8. The van der Waals surface area contributed by atoms with Crippen molar-refractivity contribution in [2.75, 3.05) is 32.8 Å². The maximum atomic E-state index is 5.80. The third kappa shape index (κ3) is 8.54. The Kier molecular flexibility index (Phi) is 11.4. The molecule has 1 rings (SSSR count). The van der Waals surface area contributed by atoms with E-state index in [1.807, 2.05) is 0 Å². The predicted octanol–water partition coefficient (Wildman–Crippen LogP) is 2.85. The summed E-state index contributed by atoms with van der Waals surface area (Å²) in [5, 5.41) is 6.76. The van der Waals surface area contributed by atoms with Crippen LogP contribution in [0.2, 0.25) is 0 Å². The van der Waals surface area contributed by atoms with E-state index < -0.39 is 0 Å². The molecule has 0 amide bonds. The Morgan fingerprint density at radius 3 is 2.35 bits per heavy atom.